The summed E-state index contributed by atoms with van der Waals surface area (Å²) < 4.78 is 5.37. The standard InChI is InChI=1S/C18H21NO4/c1-11-4-3-7-19(9-11)10-15-16(21)6-5-13-8-14(12(2)20)18(22)23-17(13)15/h5-6,8,11,21H,3-4,7,9-10H2,1-2H3. The van der Waals surface area contributed by atoms with Gasteiger partial charge in [-0.2, -0.15) is 0 Å². The quantitative estimate of drug-likeness (QED) is 0.696. The summed E-state index contributed by atoms with van der Waals surface area (Å²) in [6.07, 6.45) is 2.35. The minimum atomic E-state index is -0.649. The predicted octanol–water partition coefficient (Wildman–Crippen LogP) is 2.93. The number of piperidine rings is 1. The molecule has 5 nitrogen and oxygen atoms in total. The summed E-state index contributed by atoms with van der Waals surface area (Å²) >= 11 is 0. The summed E-state index contributed by atoms with van der Waals surface area (Å²) in [4.78, 5) is 25.8. The third kappa shape index (κ3) is 3.15. The van der Waals surface area contributed by atoms with Crippen molar-refractivity contribution in [3.8, 4) is 5.75 Å². The van der Waals surface area contributed by atoms with E-state index in [1.54, 1.807) is 18.2 Å². The number of fused-ring (bicyclic) bond motifs is 1. The van der Waals surface area contributed by atoms with E-state index in [0.717, 1.165) is 19.5 Å². The normalized spacial score (nSPS) is 19.1. The number of carbonyl (C=O) groups excluding carboxylic acids is 1. The van der Waals surface area contributed by atoms with Gasteiger partial charge in [0.25, 0.3) is 0 Å². The van der Waals surface area contributed by atoms with Gasteiger partial charge in [0, 0.05) is 18.5 Å². The molecule has 1 aliphatic heterocycles. The van der Waals surface area contributed by atoms with Gasteiger partial charge in [-0.25, -0.2) is 4.79 Å². The Hall–Kier alpha value is -2.14. The topological polar surface area (TPSA) is 70.8 Å². The van der Waals surface area contributed by atoms with E-state index in [1.807, 2.05) is 0 Å². The van der Waals surface area contributed by atoms with Crippen LogP contribution in [0, 0.1) is 5.92 Å². The fourth-order valence-corrected chi connectivity index (χ4v) is 3.28. The molecule has 0 radical (unpaired) electrons. The molecule has 0 amide bonds. The fourth-order valence-electron chi connectivity index (χ4n) is 3.28. The van der Waals surface area contributed by atoms with Crippen LogP contribution in [0.4, 0.5) is 0 Å². The third-order valence-corrected chi connectivity index (χ3v) is 4.48. The average molecular weight is 315 g/mol. The highest BCUT2D eigenvalue weighted by Gasteiger charge is 2.20. The van der Waals surface area contributed by atoms with Crippen molar-refractivity contribution in [3.63, 3.8) is 0 Å². The molecule has 2 heterocycles. The molecule has 0 bridgehead atoms. The van der Waals surface area contributed by atoms with Gasteiger partial charge in [-0.1, -0.05) is 6.92 Å². The largest absolute Gasteiger partial charge is 0.507 e. The molecule has 1 fully saturated rings. The summed E-state index contributed by atoms with van der Waals surface area (Å²) in [7, 11) is 0. The number of rotatable bonds is 3. The van der Waals surface area contributed by atoms with Gasteiger partial charge in [0.05, 0.1) is 5.56 Å². The number of Topliss-reactive ketones (excluding diaryl/α,β-unsaturated/α-hetero) is 1. The molecule has 1 atom stereocenters. The molecule has 1 N–H and O–H groups in total. The molecule has 2 aromatic rings. The van der Waals surface area contributed by atoms with Gasteiger partial charge in [0.2, 0.25) is 0 Å². The molecule has 0 aliphatic carbocycles. The van der Waals surface area contributed by atoms with Crippen molar-refractivity contribution in [2.45, 2.75) is 33.2 Å². The van der Waals surface area contributed by atoms with Crippen LogP contribution >= 0.6 is 0 Å². The van der Waals surface area contributed by atoms with Crippen LogP contribution in [0.5, 0.6) is 5.75 Å². The van der Waals surface area contributed by atoms with E-state index in [9.17, 15) is 14.7 Å². The van der Waals surface area contributed by atoms with Gasteiger partial charge in [-0.15, -0.1) is 0 Å². The van der Waals surface area contributed by atoms with E-state index >= 15 is 0 Å². The van der Waals surface area contributed by atoms with Crippen LogP contribution < -0.4 is 5.63 Å². The first-order chi connectivity index (χ1) is 11.0. The molecule has 1 unspecified atom stereocenters. The highest BCUT2D eigenvalue weighted by atomic mass is 16.4. The zero-order valence-corrected chi connectivity index (χ0v) is 13.5. The highest BCUT2D eigenvalue weighted by Crippen LogP contribution is 2.29. The minimum Gasteiger partial charge on any atom is -0.507 e. The van der Waals surface area contributed by atoms with Crippen LogP contribution in [0.2, 0.25) is 0 Å². The first-order valence-electron chi connectivity index (χ1n) is 7.97. The molecule has 23 heavy (non-hydrogen) atoms. The number of aromatic hydroxyl groups is 1. The van der Waals surface area contributed by atoms with Crippen molar-refractivity contribution in [1.82, 2.24) is 4.90 Å². The smallest absolute Gasteiger partial charge is 0.347 e. The number of nitrogens with zero attached hydrogens (tertiary/aromatic N) is 1. The van der Waals surface area contributed by atoms with Gasteiger partial charge in [0.15, 0.2) is 5.78 Å². The Balaban J connectivity index is 2.05. The van der Waals surface area contributed by atoms with E-state index < -0.39 is 5.63 Å². The molecule has 5 heteroatoms. The lowest BCUT2D eigenvalue weighted by atomic mass is 9.99. The molecule has 1 aromatic heterocycles. The zero-order chi connectivity index (χ0) is 16.6. The van der Waals surface area contributed by atoms with Crippen molar-refractivity contribution in [1.29, 1.82) is 0 Å². The van der Waals surface area contributed by atoms with Crippen LogP contribution in [0.15, 0.2) is 27.4 Å². The summed E-state index contributed by atoms with van der Waals surface area (Å²) in [5.41, 5.74) is 0.381. The number of ketones is 1. The number of phenolic OH excluding ortho intramolecular Hbond substituents is 1. The Morgan fingerprint density at radius 3 is 2.91 bits per heavy atom. The van der Waals surface area contributed by atoms with Gasteiger partial charge in [-0.05, 0) is 50.4 Å². The van der Waals surface area contributed by atoms with Gasteiger partial charge >= 0.3 is 5.63 Å². The number of hydrogen-bond donors (Lipinski definition) is 1. The zero-order valence-electron chi connectivity index (χ0n) is 13.5. The number of benzene rings is 1. The fraction of sp³-hybridized carbons (Fsp3) is 0.444. The predicted molar refractivity (Wildman–Crippen MR) is 87.8 cm³/mol. The lowest BCUT2D eigenvalue weighted by molar-refractivity contribution is 0.101. The van der Waals surface area contributed by atoms with E-state index in [-0.39, 0.29) is 17.1 Å². The van der Waals surface area contributed by atoms with E-state index in [0.29, 0.717) is 29.0 Å². The van der Waals surface area contributed by atoms with E-state index in [1.165, 1.54) is 13.3 Å². The van der Waals surface area contributed by atoms with Gasteiger partial charge < -0.3 is 9.52 Å². The Morgan fingerprint density at radius 2 is 2.22 bits per heavy atom. The average Bonchev–Trinajstić information content (AvgIpc) is 2.50. The molecule has 1 saturated heterocycles. The second kappa shape index (κ2) is 6.16. The van der Waals surface area contributed by atoms with Gasteiger partial charge in [-0.3, -0.25) is 9.69 Å². The van der Waals surface area contributed by atoms with Crippen LogP contribution in [0.1, 0.15) is 42.6 Å². The van der Waals surface area contributed by atoms with Crippen molar-refractivity contribution < 1.29 is 14.3 Å². The van der Waals surface area contributed by atoms with Crippen LogP contribution in [-0.2, 0) is 6.54 Å². The van der Waals surface area contributed by atoms with Gasteiger partial charge in [0.1, 0.15) is 16.9 Å². The summed E-state index contributed by atoms with van der Waals surface area (Å²) in [6.45, 7) is 6.03. The van der Waals surface area contributed by atoms with Crippen molar-refractivity contribution in [2.24, 2.45) is 5.92 Å². The molecule has 1 aliphatic rings. The Morgan fingerprint density at radius 1 is 1.43 bits per heavy atom. The molecule has 0 spiro atoms. The SMILES string of the molecule is CC(=O)c1cc2ccc(O)c(CN3CCCC(C)C3)c2oc1=O. The Bertz CT molecular complexity index is 809. The van der Waals surface area contributed by atoms with Crippen LogP contribution in [0.25, 0.3) is 11.0 Å². The molecule has 3 rings (SSSR count). The first-order valence-corrected chi connectivity index (χ1v) is 7.97. The number of carbonyl (C=O) groups is 1. The summed E-state index contributed by atoms with van der Waals surface area (Å²) in [6, 6.07) is 4.81. The lowest BCUT2D eigenvalue weighted by Gasteiger charge is -2.31. The molecule has 0 saturated carbocycles. The minimum absolute atomic E-state index is 0.0423. The van der Waals surface area contributed by atoms with Crippen LogP contribution in [0.3, 0.4) is 0 Å². The molecular formula is C18H21NO4. The van der Waals surface area contributed by atoms with Crippen molar-refractivity contribution in [3.05, 3.63) is 39.7 Å². The summed E-state index contributed by atoms with van der Waals surface area (Å²) in [5.74, 6) is 0.423. The Labute approximate surface area is 134 Å². The highest BCUT2D eigenvalue weighted by molar-refractivity contribution is 5.97. The second-order valence-electron chi connectivity index (χ2n) is 6.47. The first kappa shape index (κ1) is 15.7. The van der Waals surface area contributed by atoms with E-state index in [4.69, 9.17) is 4.42 Å². The Kier molecular flexibility index (Phi) is 4.22. The maximum Gasteiger partial charge on any atom is 0.347 e. The maximum absolute atomic E-state index is 12.0. The second-order valence-corrected chi connectivity index (χ2v) is 6.47. The number of likely N-dealkylation sites (tertiary alicyclic amines) is 1. The van der Waals surface area contributed by atoms with Crippen molar-refractivity contribution >= 4 is 16.8 Å². The van der Waals surface area contributed by atoms with E-state index in [2.05, 4.69) is 11.8 Å². The molecular weight excluding hydrogens is 294 g/mol. The molecule has 122 valence electrons. The number of phenols is 1. The lowest BCUT2D eigenvalue weighted by Crippen LogP contribution is -2.33. The maximum atomic E-state index is 12.0. The van der Waals surface area contributed by atoms with Crippen molar-refractivity contribution in [2.75, 3.05) is 13.1 Å². The third-order valence-electron chi connectivity index (χ3n) is 4.48. The monoisotopic (exact) mass is 315 g/mol. The summed E-state index contributed by atoms with van der Waals surface area (Å²) in [5, 5.41) is 10.9. The molecule has 1 aromatic carbocycles. The number of hydrogen-bond acceptors (Lipinski definition) is 5. The van der Waals surface area contributed by atoms with Crippen LogP contribution in [-0.4, -0.2) is 28.9 Å².